The fourth-order valence-electron chi connectivity index (χ4n) is 2.84. The van der Waals surface area contributed by atoms with Crippen molar-refractivity contribution in [1.29, 1.82) is 0 Å². The summed E-state index contributed by atoms with van der Waals surface area (Å²) in [7, 11) is -3.43. The second-order valence-electron chi connectivity index (χ2n) is 5.34. The summed E-state index contributed by atoms with van der Waals surface area (Å²) >= 11 is 1.33. The Morgan fingerprint density at radius 1 is 1.42 bits per heavy atom. The molecule has 1 fully saturated rings. The number of rotatable bonds is 5. The molecule has 1 aliphatic rings. The van der Waals surface area contributed by atoms with Gasteiger partial charge in [-0.1, -0.05) is 12.8 Å². The zero-order valence-corrected chi connectivity index (χ0v) is 13.1. The van der Waals surface area contributed by atoms with Crippen LogP contribution in [-0.2, 0) is 10.0 Å². The Balaban J connectivity index is 2.17. The highest BCUT2D eigenvalue weighted by atomic mass is 32.2. The largest absolute Gasteiger partial charge is 0.329 e. The van der Waals surface area contributed by atoms with Gasteiger partial charge in [0.15, 0.2) is 0 Å². The number of sulfonamides is 1. The molecular formula is C13H22N2O2S2. The molecule has 1 atom stereocenters. The van der Waals surface area contributed by atoms with Crippen LogP contribution in [0.1, 0.15) is 36.1 Å². The normalized spacial score (nSPS) is 18.9. The number of hydrogen-bond acceptors (Lipinski definition) is 4. The van der Waals surface area contributed by atoms with Gasteiger partial charge in [0.2, 0.25) is 0 Å². The second-order valence-corrected chi connectivity index (χ2v) is 8.50. The third-order valence-electron chi connectivity index (χ3n) is 3.77. The molecule has 0 spiro atoms. The Labute approximate surface area is 119 Å². The Morgan fingerprint density at radius 2 is 2.05 bits per heavy atom. The highest BCUT2D eigenvalue weighted by Gasteiger charge is 2.29. The van der Waals surface area contributed by atoms with Gasteiger partial charge in [0, 0.05) is 17.5 Å². The Kier molecular flexibility index (Phi) is 4.66. The molecule has 0 aliphatic heterocycles. The summed E-state index contributed by atoms with van der Waals surface area (Å²) in [5, 5.41) is 0. The van der Waals surface area contributed by atoms with Crippen molar-refractivity contribution in [3.05, 3.63) is 16.5 Å². The van der Waals surface area contributed by atoms with E-state index in [1.54, 1.807) is 0 Å². The summed E-state index contributed by atoms with van der Waals surface area (Å²) in [5.41, 5.74) is 6.57. The summed E-state index contributed by atoms with van der Waals surface area (Å²) < 4.78 is 28.1. The first kappa shape index (κ1) is 15.0. The van der Waals surface area contributed by atoms with E-state index >= 15 is 0 Å². The van der Waals surface area contributed by atoms with Crippen molar-refractivity contribution in [1.82, 2.24) is 4.72 Å². The maximum Gasteiger partial charge on any atom is 0.250 e. The minimum absolute atomic E-state index is 0.130. The topological polar surface area (TPSA) is 72.2 Å². The molecule has 1 unspecified atom stereocenters. The van der Waals surface area contributed by atoms with Crippen LogP contribution in [0.2, 0.25) is 0 Å². The van der Waals surface area contributed by atoms with Gasteiger partial charge in [0.25, 0.3) is 10.0 Å². The van der Waals surface area contributed by atoms with Gasteiger partial charge in [-0.3, -0.25) is 0 Å². The van der Waals surface area contributed by atoms with E-state index in [2.05, 4.69) is 4.72 Å². The zero-order chi connectivity index (χ0) is 14.0. The summed E-state index contributed by atoms with van der Waals surface area (Å²) in [6.45, 7) is 4.13. The van der Waals surface area contributed by atoms with Gasteiger partial charge in [-0.15, -0.1) is 11.3 Å². The van der Waals surface area contributed by atoms with Crippen molar-refractivity contribution >= 4 is 21.4 Å². The first-order chi connectivity index (χ1) is 8.94. The minimum Gasteiger partial charge on any atom is -0.329 e. The van der Waals surface area contributed by atoms with E-state index in [0.717, 1.165) is 23.3 Å². The van der Waals surface area contributed by atoms with E-state index in [9.17, 15) is 8.42 Å². The van der Waals surface area contributed by atoms with Gasteiger partial charge in [0.05, 0.1) is 0 Å². The van der Waals surface area contributed by atoms with Crippen LogP contribution in [0.25, 0.3) is 0 Å². The lowest BCUT2D eigenvalue weighted by atomic mass is 9.99. The first-order valence-corrected chi connectivity index (χ1v) is 9.03. The SMILES string of the molecule is Cc1cc(C)c(S(=O)(=O)NC(CN)C2CCCC2)s1. The van der Waals surface area contributed by atoms with E-state index in [1.807, 2.05) is 19.9 Å². The Bertz CT molecular complexity index is 531. The lowest BCUT2D eigenvalue weighted by Gasteiger charge is -2.22. The number of thiophene rings is 1. The van der Waals surface area contributed by atoms with Crippen molar-refractivity contribution in [2.75, 3.05) is 6.54 Å². The number of aryl methyl sites for hydroxylation is 2. The Morgan fingerprint density at radius 3 is 2.53 bits per heavy atom. The van der Waals surface area contributed by atoms with Crippen LogP contribution in [0.4, 0.5) is 0 Å². The molecule has 108 valence electrons. The quantitative estimate of drug-likeness (QED) is 0.875. The lowest BCUT2D eigenvalue weighted by Crippen LogP contribution is -2.44. The zero-order valence-electron chi connectivity index (χ0n) is 11.5. The van der Waals surface area contributed by atoms with E-state index < -0.39 is 10.0 Å². The van der Waals surface area contributed by atoms with E-state index in [4.69, 9.17) is 5.73 Å². The van der Waals surface area contributed by atoms with Crippen LogP contribution >= 0.6 is 11.3 Å². The maximum atomic E-state index is 12.4. The van der Waals surface area contributed by atoms with E-state index in [0.29, 0.717) is 16.7 Å². The molecule has 1 saturated carbocycles. The molecule has 0 radical (unpaired) electrons. The fraction of sp³-hybridized carbons (Fsp3) is 0.692. The standard InChI is InChI=1S/C13H22N2O2S2/c1-9-7-10(2)18-13(9)19(16,17)15-12(8-14)11-5-3-4-6-11/h7,11-12,15H,3-6,8,14H2,1-2H3. The lowest BCUT2D eigenvalue weighted by molar-refractivity contribution is 0.406. The average molecular weight is 302 g/mol. The Hall–Kier alpha value is -0.430. The molecule has 4 nitrogen and oxygen atoms in total. The predicted molar refractivity (Wildman–Crippen MR) is 78.9 cm³/mol. The highest BCUT2D eigenvalue weighted by Crippen LogP contribution is 2.30. The molecule has 19 heavy (non-hydrogen) atoms. The molecule has 0 bridgehead atoms. The molecule has 2 rings (SSSR count). The van der Waals surface area contributed by atoms with Crippen molar-refractivity contribution in [2.24, 2.45) is 11.7 Å². The molecule has 1 aromatic heterocycles. The number of hydrogen-bond donors (Lipinski definition) is 2. The molecule has 0 aromatic carbocycles. The smallest absolute Gasteiger partial charge is 0.250 e. The summed E-state index contributed by atoms with van der Waals surface area (Å²) in [5.74, 6) is 0.390. The summed E-state index contributed by atoms with van der Waals surface area (Å²) in [4.78, 5) is 1.02. The van der Waals surface area contributed by atoms with Crippen LogP contribution in [0.15, 0.2) is 10.3 Å². The highest BCUT2D eigenvalue weighted by molar-refractivity contribution is 7.91. The van der Waals surface area contributed by atoms with E-state index in [-0.39, 0.29) is 6.04 Å². The molecule has 6 heteroatoms. The van der Waals surface area contributed by atoms with Crippen molar-refractivity contribution < 1.29 is 8.42 Å². The molecule has 0 saturated heterocycles. The molecule has 1 aromatic rings. The van der Waals surface area contributed by atoms with Crippen LogP contribution in [0.5, 0.6) is 0 Å². The van der Waals surface area contributed by atoms with Crippen LogP contribution in [-0.4, -0.2) is 21.0 Å². The third kappa shape index (κ3) is 3.37. The molecule has 0 amide bonds. The summed E-state index contributed by atoms with van der Waals surface area (Å²) in [6, 6.07) is 1.78. The predicted octanol–water partition coefficient (Wildman–Crippen LogP) is 2.16. The molecule has 3 N–H and O–H groups in total. The number of nitrogens with one attached hydrogen (secondary N) is 1. The van der Waals surface area contributed by atoms with Gasteiger partial charge in [-0.25, -0.2) is 13.1 Å². The van der Waals surface area contributed by atoms with Crippen LogP contribution in [0.3, 0.4) is 0 Å². The average Bonchev–Trinajstić information content (AvgIpc) is 2.96. The van der Waals surface area contributed by atoms with Crippen LogP contribution in [0, 0.1) is 19.8 Å². The molecular weight excluding hydrogens is 280 g/mol. The monoisotopic (exact) mass is 302 g/mol. The second kappa shape index (κ2) is 5.91. The van der Waals surface area contributed by atoms with Crippen LogP contribution < -0.4 is 10.5 Å². The van der Waals surface area contributed by atoms with Crippen molar-refractivity contribution in [3.63, 3.8) is 0 Å². The maximum absolute atomic E-state index is 12.4. The van der Waals surface area contributed by atoms with Gasteiger partial charge in [0.1, 0.15) is 4.21 Å². The minimum atomic E-state index is -3.43. The van der Waals surface area contributed by atoms with Crippen molar-refractivity contribution in [2.45, 2.75) is 49.8 Å². The molecule has 1 aliphatic carbocycles. The number of nitrogens with two attached hydrogens (primary N) is 1. The van der Waals surface area contributed by atoms with Gasteiger partial charge in [-0.05, 0) is 44.2 Å². The third-order valence-corrected chi connectivity index (χ3v) is 7.05. The fourth-order valence-corrected chi connectivity index (χ4v) is 5.84. The van der Waals surface area contributed by atoms with E-state index in [1.165, 1.54) is 24.2 Å². The van der Waals surface area contributed by atoms with Gasteiger partial charge < -0.3 is 5.73 Å². The first-order valence-electron chi connectivity index (χ1n) is 6.73. The van der Waals surface area contributed by atoms with Gasteiger partial charge >= 0.3 is 0 Å². The van der Waals surface area contributed by atoms with Gasteiger partial charge in [-0.2, -0.15) is 0 Å². The van der Waals surface area contributed by atoms with Crippen molar-refractivity contribution in [3.8, 4) is 0 Å². The summed E-state index contributed by atoms with van der Waals surface area (Å²) in [6.07, 6.45) is 4.51. The molecule has 1 heterocycles.